The molecule has 15 heavy (non-hydrogen) atoms. The predicted octanol–water partition coefficient (Wildman–Crippen LogP) is 0.238. The van der Waals surface area contributed by atoms with Crippen LogP contribution in [0.4, 0.5) is 11.6 Å². The van der Waals surface area contributed by atoms with Gasteiger partial charge in [-0.15, -0.1) is 0 Å². The zero-order chi connectivity index (χ0) is 10.7. The first-order chi connectivity index (χ1) is 7.24. The van der Waals surface area contributed by atoms with Gasteiger partial charge in [-0.3, -0.25) is 0 Å². The van der Waals surface area contributed by atoms with Crippen LogP contribution in [0, 0.1) is 0 Å². The molecule has 0 spiro atoms. The minimum atomic E-state index is 0.550. The second-order valence-electron chi connectivity index (χ2n) is 3.85. The summed E-state index contributed by atoms with van der Waals surface area (Å²) in [5.74, 6) is 1.37. The number of nitrogens with zero attached hydrogens (tertiary/aromatic N) is 3. The van der Waals surface area contributed by atoms with Crippen molar-refractivity contribution in [3.8, 4) is 0 Å². The van der Waals surface area contributed by atoms with Crippen LogP contribution in [0.3, 0.4) is 0 Å². The molecule has 0 bridgehead atoms. The van der Waals surface area contributed by atoms with Gasteiger partial charge in [0.15, 0.2) is 0 Å². The minimum Gasteiger partial charge on any atom is -0.384 e. The lowest BCUT2D eigenvalue weighted by molar-refractivity contribution is 0.178. The highest BCUT2D eigenvalue weighted by Gasteiger charge is 2.13. The molecule has 2 rings (SSSR count). The zero-order valence-corrected chi connectivity index (χ0v) is 8.98. The molecule has 1 aliphatic rings. The highest BCUT2D eigenvalue weighted by Crippen LogP contribution is 2.08. The maximum atomic E-state index is 5.61. The van der Waals surface area contributed by atoms with Gasteiger partial charge in [-0.25, -0.2) is 9.99 Å². The van der Waals surface area contributed by atoms with E-state index in [0.29, 0.717) is 5.82 Å². The molecule has 3 N–H and O–H groups in total. The Bertz CT molecular complexity index is 319. The Labute approximate surface area is 89.8 Å². The Morgan fingerprint density at radius 2 is 2.00 bits per heavy atom. The third-order valence-corrected chi connectivity index (χ3v) is 2.55. The van der Waals surface area contributed by atoms with Crippen molar-refractivity contribution in [2.24, 2.45) is 0 Å². The first-order valence-electron chi connectivity index (χ1n) is 5.17. The topological polar surface area (TPSA) is 57.4 Å². The van der Waals surface area contributed by atoms with Crippen LogP contribution in [0.25, 0.3) is 0 Å². The summed E-state index contributed by atoms with van der Waals surface area (Å²) in [5, 5.41) is 2.17. The van der Waals surface area contributed by atoms with Crippen molar-refractivity contribution in [3.63, 3.8) is 0 Å². The van der Waals surface area contributed by atoms with Gasteiger partial charge >= 0.3 is 0 Å². The summed E-state index contributed by atoms with van der Waals surface area (Å²) >= 11 is 0. The fourth-order valence-electron chi connectivity index (χ4n) is 1.59. The molecular weight excluding hydrogens is 190 g/mol. The van der Waals surface area contributed by atoms with E-state index in [-0.39, 0.29) is 0 Å². The number of hydrazine groups is 1. The lowest BCUT2D eigenvalue weighted by atomic mass is 10.4. The number of rotatable bonds is 2. The minimum absolute atomic E-state index is 0.550. The van der Waals surface area contributed by atoms with E-state index in [1.165, 1.54) is 0 Å². The van der Waals surface area contributed by atoms with Crippen LogP contribution in [0.2, 0.25) is 0 Å². The van der Waals surface area contributed by atoms with Crippen molar-refractivity contribution < 1.29 is 0 Å². The van der Waals surface area contributed by atoms with Gasteiger partial charge in [0, 0.05) is 26.2 Å². The van der Waals surface area contributed by atoms with E-state index in [4.69, 9.17) is 5.73 Å². The monoisotopic (exact) mass is 207 g/mol. The molecule has 1 aromatic rings. The fraction of sp³-hybridized carbons (Fsp3) is 0.500. The lowest BCUT2D eigenvalue weighted by Crippen LogP contribution is -2.47. The zero-order valence-electron chi connectivity index (χ0n) is 8.98. The van der Waals surface area contributed by atoms with Crippen LogP contribution < -0.4 is 11.2 Å². The average molecular weight is 207 g/mol. The molecule has 0 aromatic carbocycles. The molecule has 1 saturated heterocycles. The molecular formula is C10H17N5. The maximum Gasteiger partial charge on any atom is 0.142 e. The number of likely N-dealkylation sites (N-methyl/N-ethyl adjacent to an activating group) is 1. The van der Waals surface area contributed by atoms with Crippen molar-refractivity contribution in [3.05, 3.63) is 18.2 Å². The predicted molar refractivity (Wildman–Crippen MR) is 61.3 cm³/mol. The molecule has 5 nitrogen and oxygen atoms in total. The number of aromatic nitrogens is 1. The van der Waals surface area contributed by atoms with Crippen LogP contribution in [0.15, 0.2) is 18.2 Å². The van der Waals surface area contributed by atoms with Crippen LogP contribution in [0.1, 0.15) is 0 Å². The Morgan fingerprint density at radius 1 is 1.27 bits per heavy atom. The number of hydrogen-bond donors (Lipinski definition) is 2. The highest BCUT2D eigenvalue weighted by atomic mass is 15.5. The number of nitrogen functional groups attached to an aromatic ring is 1. The molecule has 1 fully saturated rings. The van der Waals surface area contributed by atoms with Crippen molar-refractivity contribution in [2.45, 2.75) is 0 Å². The Morgan fingerprint density at radius 3 is 2.67 bits per heavy atom. The summed E-state index contributed by atoms with van der Waals surface area (Å²) in [4.78, 5) is 6.51. The number of piperazine rings is 1. The second-order valence-corrected chi connectivity index (χ2v) is 3.85. The summed E-state index contributed by atoms with van der Waals surface area (Å²) < 4.78 is 0. The van der Waals surface area contributed by atoms with Crippen LogP contribution in [-0.2, 0) is 0 Å². The van der Waals surface area contributed by atoms with Gasteiger partial charge in [-0.2, -0.15) is 0 Å². The Balaban J connectivity index is 1.92. The molecule has 0 unspecified atom stereocenters. The SMILES string of the molecule is CN1CCN(Nc2cccc(N)n2)CC1. The lowest BCUT2D eigenvalue weighted by Gasteiger charge is -2.32. The standard InChI is InChI=1S/C10H17N5/c1-14-5-7-15(8-6-14)13-10-4-2-3-9(11)12-10/h2-4H,5-8H2,1H3,(H3,11,12,13). The van der Waals surface area contributed by atoms with Gasteiger partial charge in [0.25, 0.3) is 0 Å². The number of nitrogens with two attached hydrogens (primary N) is 1. The molecule has 0 amide bonds. The number of hydrogen-bond acceptors (Lipinski definition) is 5. The quantitative estimate of drug-likeness (QED) is 0.727. The average Bonchev–Trinajstić information content (AvgIpc) is 2.22. The van der Waals surface area contributed by atoms with E-state index in [9.17, 15) is 0 Å². The molecule has 82 valence electrons. The van der Waals surface area contributed by atoms with Crippen molar-refractivity contribution in [1.82, 2.24) is 14.9 Å². The Kier molecular flexibility index (Phi) is 3.03. The molecule has 0 saturated carbocycles. The molecule has 1 aliphatic heterocycles. The van der Waals surface area contributed by atoms with E-state index >= 15 is 0 Å². The van der Waals surface area contributed by atoms with Crippen molar-refractivity contribution >= 4 is 11.6 Å². The number of pyridine rings is 1. The number of nitrogens with one attached hydrogen (secondary N) is 1. The van der Waals surface area contributed by atoms with Gasteiger partial charge in [0.1, 0.15) is 11.6 Å². The molecule has 1 aromatic heterocycles. The summed E-state index contributed by atoms with van der Waals surface area (Å²) in [6.45, 7) is 4.17. The molecule has 5 heteroatoms. The van der Waals surface area contributed by atoms with Gasteiger partial charge in [-0.05, 0) is 19.2 Å². The molecule has 0 radical (unpaired) electrons. The van der Waals surface area contributed by atoms with Crippen molar-refractivity contribution in [2.75, 3.05) is 44.4 Å². The van der Waals surface area contributed by atoms with E-state index in [1.54, 1.807) is 6.07 Å². The smallest absolute Gasteiger partial charge is 0.142 e. The van der Waals surface area contributed by atoms with Crippen LogP contribution >= 0.6 is 0 Å². The van der Waals surface area contributed by atoms with E-state index in [2.05, 4.69) is 27.4 Å². The largest absolute Gasteiger partial charge is 0.384 e. The summed E-state index contributed by atoms with van der Waals surface area (Å²) in [7, 11) is 2.14. The normalized spacial score (nSPS) is 19.0. The van der Waals surface area contributed by atoms with Gasteiger partial charge in [-0.1, -0.05) is 6.07 Å². The fourth-order valence-corrected chi connectivity index (χ4v) is 1.59. The summed E-state index contributed by atoms with van der Waals surface area (Å²) in [5.41, 5.74) is 8.87. The highest BCUT2D eigenvalue weighted by molar-refractivity contribution is 5.41. The first kappa shape index (κ1) is 10.2. The van der Waals surface area contributed by atoms with E-state index in [0.717, 1.165) is 32.0 Å². The molecule has 0 atom stereocenters. The van der Waals surface area contributed by atoms with Crippen LogP contribution in [0.5, 0.6) is 0 Å². The maximum absolute atomic E-state index is 5.61. The third-order valence-electron chi connectivity index (χ3n) is 2.55. The molecule has 2 heterocycles. The van der Waals surface area contributed by atoms with E-state index in [1.807, 2.05) is 12.1 Å². The summed E-state index contributed by atoms with van der Waals surface area (Å²) in [6.07, 6.45) is 0. The van der Waals surface area contributed by atoms with Gasteiger partial charge in [0.2, 0.25) is 0 Å². The van der Waals surface area contributed by atoms with Crippen LogP contribution in [-0.4, -0.2) is 48.1 Å². The van der Waals surface area contributed by atoms with Gasteiger partial charge < -0.3 is 16.1 Å². The third kappa shape index (κ3) is 2.81. The van der Waals surface area contributed by atoms with Gasteiger partial charge in [0.05, 0.1) is 0 Å². The summed E-state index contributed by atoms with van der Waals surface area (Å²) in [6, 6.07) is 5.62. The second kappa shape index (κ2) is 4.46. The van der Waals surface area contributed by atoms with Crippen molar-refractivity contribution in [1.29, 1.82) is 0 Å². The Hall–Kier alpha value is -1.33. The number of anilines is 2. The first-order valence-corrected chi connectivity index (χ1v) is 5.17. The molecule has 0 aliphatic carbocycles. The van der Waals surface area contributed by atoms with E-state index < -0.39 is 0 Å².